The Balaban J connectivity index is 2.13. The Labute approximate surface area is 122 Å². The summed E-state index contributed by atoms with van der Waals surface area (Å²) in [5.74, 6) is 1.13. The van der Waals surface area contributed by atoms with Crippen molar-refractivity contribution in [3.05, 3.63) is 46.8 Å². The fourth-order valence-electron chi connectivity index (χ4n) is 2.75. The van der Waals surface area contributed by atoms with Crippen molar-refractivity contribution in [2.45, 2.75) is 19.6 Å². The Morgan fingerprint density at radius 3 is 2.57 bits per heavy atom. The second kappa shape index (κ2) is 5.26. The molecule has 110 valence electrons. The molecule has 0 radical (unpaired) electrons. The van der Waals surface area contributed by atoms with E-state index in [0.29, 0.717) is 29.3 Å². The maximum atomic E-state index is 12.7. The number of ketones is 1. The highest BCUT2D eigenvalue weighted by Gasteiger charge is 2.24. The normalized spacial score (nSPS) is 13.4. The maximum absolute atomic E-state index is 12.7. The summed E-state index contributed by atoms with van der Waals surface area (Å²) in [5, 5.41) is 9.23. The average Bonchev–Trinajstić information content (AvgIpc) is 2.89. The van der Waals surface area contributed by atoms with Crippen LogP contribution in [0.4, 0.5) is 0 Å². The fraction of sp³-hybridized carbons (Fsp3) is 0.312. The highest BCUT2D eigenvalue weighted by molar-refractivity contribution is 6.09. The van der Waals surface area contributed by atoms with E-state index in [-0.39, 0.29) is 12.4 Å². The SMILES string of the molecule is COc1cc2c(cc1OC)C(=O)c1cc(CO)cn1CC2. The molecule has 1 aromatic carbocycles. The van der Waals surface area contributed by atoms with Crippen molar-refractivity contribution in [2.24, 2.45) is 0 Å². The summed E-state index contributed by atoms with van der Waals surface area (Å²) < 4.78 is 12.5. The summed E-state index contributed by atoms with van der Waals surface area (Å²) in [6, 6.07) is 5.34. The van der Waals surface area contributed by atoms with E-state index in [1.54, 1.807) is 26.4 Å². The number of rotatable bonds is 3. The van der Waals surface area contributed by atoms with Gasteiger partial charge in [0.2, 0.25) is 5.78 Å². The number of hydrogen-bond donors (Lipinski definition) is 1. The number of aromatic nitrogens is 1. The van der Waals surface area contributed by atoms with Gasteiger partial charge < -0.3 is 19.1 Å². The first-order chi connectivity index (χ1) is 10.2. The predicted molar refractivity (Wildman–Crippen MR) is 77.0 cm³/mol. The van der Waals surface area contributed by atoms with Gasteiger partial charge in [-0.1, -0.05) is 0 Å². The summed E-state index contributed by atoms with van der Waals surface area (Å²) in [4.78, 5) is 12.7. The first-order valence-electron chi connectivity index (χ1n) is 6.77. The Morgan fingerprint density at radius 2 is 1.90 bits per heavy atom. The van der Waals surface area contributed by atoms with Crippen LogP contribution < -0.4 is 9.47 Å². The predicted octanol–water partition coefficient (Wildman–Crippen LogP) is 1.78. The summed E-state index contributed by atoms with van der Waals surface area (Å²) in [7, 11) is 3.14. The van der Waals surface area contributed by atoms with Crippen LogP contribution in [-0.4, -0.2) is 29.7 Å². The lowest BCUT2D eigenvalue weighted by atomic mass is 9.99. The van der Waals surface area contributed by atoms with Gasteiger partial charge in [-0.25, -0.2) is 0 Å². The number of fused-ring (bicyclic) bond motifs is 2. The van der Waals surface area contributed by atoms with E-state index in [1.807, 2.05) is 16.8 Å². The van der Waals surface area contributed by atoms with Gasteiger partial charge in [0.15, 0.2) is 11.5 Å². The van der Waals surface area contributed by atoms with Crippen LogP contribution in [-0.2, 0) is 19.6 Å². The van der Waals surface area contributed by atoms with Crippen LogP contribution in [0.3, 0.4) is 0 Å². The van der Waals surface area contributed by atoms with E-state index in [9.17, 15) is 9.90 Å². The quantitative estimate of drug-likeness (QED) is 0.935. The van der Waals surface area contributed by atoms with Gasteiger partial charge >= 0.3 is 0 Å². The second-order valence-corrected chi connectivity index (χ2v) is 5.03. The number of carbonyl (C=O) groups excluding carboxylic acids is 1. The topological polar surface area (TPSA) is 60.7 Å². The molecule has 0 fully saturated rings. The molecule has 0 spiro atoms. The molecule has 3 rings (SSSR count). The first kappa shape index (κ1) is 13.7. The molecular weight excluding hydrogens is 270 g/mol. The van der Waals surface area contributed by atoms with Crippen LogP contribution in [0.1, 0.15) is 27.2 Å². The third kappa shape index (κ3) is 2.19. The molecule has 5 heteroatoms. The maximum Gasteiger partial charge on any atom is 0.209 e. The van der Waals surface area contributed by atoms with Crippen LogP contribution in [0.25, 0.3) is 0 Å². The van der Waals surface area contributed by atoms with E-state index in [0.717, 1.165) is 17.5 Å². The smallest absolute Gasteiger partial charge is 0.209 e. The molecule has 2 aromatic rings. The molecule has 21 heavy (non-hydrogen) atoms. The molecule has 1 aromatic heterocycles. The molecule has 1 N–H and O–H groups in total. The standard InChI is InChI=1S/C16H17NO4/c1-20-14-6-11-3-4-17-8-10(9-18)5-13(17)16(19)12(11)7-15(14)21-2/h5-8,18H,3-4,9H2,1-2H3. The summed E-state index contributed by atoms with van der Waals surface area (Å²) in [6.07, 6.45) is 2.56. The molecule has 2 heterocycles. The monoisotopic (exact) mass is 287 g/mol. The van der Waals surface area contributed by atoms with Crippen LogP contribution in [0.5, 0.6) is 11.5 Å². The Morgan fingerprint density at radius 1 is 1.19 bits per heavy atom. The van der Waals surface area contributed by atoms with Gasteiger partial charge in [-0.3, -0.25) is 4.79 Å². The number of ether oxygens (including phenoxy) is 2. The van der Waals surface area contributed by atoms with Gasteiger partial charge in [-0.05, 0) is 35.7 Å². The number of carbonyl (C=O) groups is 1. The van der Waals surface area contributed by atoms with E-state index in [4.69, 9.17) is 9.47 Å². The van der Waals surface area contributed by atoms with Crippen LogP contribution in [0.2, 0.25) is 0 Å². The first-order valence-corrected chi connectivity index (χ1v) is 6.77. The molecule has 1 aliphatic heterocycles. The number of benzene rings is 1. The number of nitrogens with zero attached hydrogens (tertiary/aromatic N) is 1. The lowest BCUT2D eigenvalue weighted by molar-refractivity contribution is 0.103. The van der Waals surface area contributed by atoms with Crippen molar-refractivity contribution >= 4 is 5.78 Å². The van der Waals surface area contributed by atoms with Crippen LogP contribution >= 0.6 is 0 Å². The minimum atomic E-state index is -0.0634. The Kier molecular flexibility index (Phi) is 3.43. The number of methoxy groups -OCH3 is 2. The van der Waals surface area contributed by atoms with E-state index < -0.39 is 0 Å². The molecule has 0 bridgehead atoms. The molecule has 0 unspecified atom stereocenters. The zero-order chi connectivity index (χ0) is 15.0. The third-order valence-electron chi connectivity index (χ3n) is 3.84. The van der Waals surface area contributed by atoms with Gasteiger partial charge in [0.25, 0.3) is 0 Å². The van der Waals surface area contributed by atoms with Gasteiger partial charge in [0, 0.05) is 18.3 Å². The number of hydrogen-bond acceptors (Lipinski definition) is 4. The van der Waals surface area contributed by atoms with Crippen molar-refractivity contribution in [2.75, 3.05) is 14.2 Å². The number of aryl methyl sites for hydroxylation is 2. The third-order valence-corrected chi connectivity index (χ3v) is 3.84. The van der Waals surface area contributed by atoms with Crippen molar-refractivity contribution in [1.29, 1.82) is 0 Å². The number of aliphatic hydroxyl groups is 1. The highest BCUT2D eigenvalue weighted by atomic mass is 16.5. The molecule has 0 saturated heterocycles. The Bertz CT molecular complexity index is 703. The largest absolute Gasteiger partial charge is 0.493 e. The minimum absolute atomic E-state index is 0.0526. The van der Waals surface area contributed by atoms with E-state index >= 15 is 0 Å². The van der Waals surface area contributed by atoms with Gasteiger partial charge in [-0.15, -0.1) is 0 Å². The zero-order valence-electron chi connectivity index (χ0n) is 12.0. The molecule has 0 saturated carbocycles. The van der Waals surface area contributed by atoms with Crippen molar-refractivity contribution in [3.63, 3.8) is 0 Å². The summed E-state index contributed by atoms with van der Waals surface area (Å²) in [6.45, 7) is 0.635. The second-order valence-electron chi connectivity index (χ2n) is 5.03. The van der Waals surface area contributed by atoms with Crippen molar-refractivity contribution in [1.82, 2.24) is 4.57 Å². The molecular formula is C16H17NO4. The van der Waals surface area contributed by atoms with Crippen LogP contribution in [0.15, 0.2) is 24.4 Å². The van der Waals surface area contributed by atoms with Gasteiger partial charge in [0.05, 0.1) is 26.5 Å². The summed E-state index contributed by atoms with van der Waals surface area (Å²) >= 11 is 0. The van der Waals surface area contributed by atoms with Gasteiger partial charge in [0.1, 0.15) is 0 Å². The van der Waals surface area contributed by atoms with Gasteiger partial charge in [-0.2, -0.15) is 0 Å². The van der Waals surface area contributed by atoms with E-state index in [2.05, 4.69) is 0 Å². The fourth-order valence-corrected chi connectivity index (χ4v) is 2.75. The Hall–Kier alpha value is -2.27. The van der Waals surface area contributed by atoms with Crippen molar-refractivity contribution in [3.8, 4) is 11.5 Å². The van der Waals surface area contributed by atoms with Crippen molar-refractivity contribution < 1.29 is 19.4 Å². The minimum Gasteiger partial charge on any atom is -0.493 e. The summed E-state index contributed by atoms with van der Waals surface area (Å²) in [5.41, 5.74) is 2.94. The molecule has 0 atom stereocenters. The lowest BCUT2D eigenvalue weighted by Gasteiger charge is -2.12. The number of aliphatic hydroxyl groups excluding tert-OH is 1. The molecule has 1 aliphatic rings. The zero-order valence-corrected chi connectivity index (χ0v) is 12.0. The molecule has 0 amide bonds. The highest BCUT2D eigenvalue weighted by Crippen LogP contribution is 2.33. The average molecular weight is 287 g/mol. The molecule has 0 aliphatic carbocycles. The lowest BCUT2D eigenvalue weighted by Crippen LogP contribution is -2.06. The molecule has 5 nitrogen and oxygen atoms in total. The van der Waals surface area contributed by atoms with E-state index in [1.165, 1.54) is 0 Å². The van der Waals surface area contributed by atoms with Crippen LogP contribution in [0, 0.1) is 0 Å².